The molecule has 0 saturated carbocycles. The molecule has 3 aromatic heterocycles. The highest BCUT2D eigenvalue weighted by Crippen LogP contribution is 2.38. The van der Waals surface area contributed by atoms with Gasteiger partial charge in [-0.3, -0.25) is 0 Å². The van der Waals surface area contributed by atoms with Gasteiger partial charge in [0.1, 0.15) is 11.6 Å². The number of methoxy groups -OCH3 is 1. The summed E-state index contributed by atoms with van der Waals surface area (Å²) in [6.45, 7) is 16.7. The molecule has 1 saturated heterocycles. The second kappa shape index (κ2) is 11.4. The summed E-state index contributed by atoms with van der Waals surface area (Å²) >= 11 is 0. The SMILES string of the molecule is COc1cc(C)c(-c2cc3c(N[C@H]4CCOC4)c(/C(N)=N/c4ccc(O[Si](C)(C)C(C)(C)C)cc4C)cnn3c2)cn1. The molecule has 0 spiro atoms. The van der Waals surface area contributed by atoms with Crippen molar-refractivity contribution >= 4 is 31.0 Å². The van der Waals surface area contributed by atoms with Gasteiger partial charge in [-0.2, -0.15) is 5.10 Å². The first-order valence-electron chi connectivity index (χ1n) is 14.4. The minimum atomic E-state index is -1.95. The van der Waals surface area contributed by atoms with Crippen LogP contribution in [0.2, 0.25) is 18.1 Å². The Balaban J connectivity index is 1.53. The second-order valence-corrected chi connectivity index (χ2v) is 17.3. The Bertz CT molecular complexity index is 1630. The summed E-state index contributed by atoms with van der Waals surface area (Å²) in [7, 11) is -0.333. The quantitative estimate of drug-likeness (QED) is 0.135. The molecule has 1 aromatic carbocycles. The Morgan fingerprint density at radius 2 is 1.93 bits per heavy atom. The van der Waals surface area contributed by atoms with E-state index in [2.05, 4.69) is 50.2 Å². The summed E-state index contributed by atoms with van der Waals surface area (Å²) in [4.78, 5) is 9.28. The number of nitrogens with one attached hydrogen (secondary N) is 1. The van der Waals surface area contributed by atoms with E-state index in [4.69, 9.17) is 29.7 Å². The van der Waals surface area contributed by atoms with E-state index in [-0.39, 0.29) is 11.1 Å². The van der Waals surface area contributed by atoms with Crippen molar-refractivity contribution in [2.24, 2.45) is 10.7 Å². The smallest absolute Gasteiger partial charge is 0.250 e. The first-order chi connectivity index (χ1) is 19.9. The van der Waals surface area contributed by atoms with Gasteiger partial charge in [0.15, 0.2) is 0 Å². The van der Waals surface area contributed by atoms with Crippen LogP contribution in [-0.4, -0.2) is 55.1 Å². The molecular formula is C32H42N6O3Si. The highest BCUT2D eigenvalue weighted by molar-refractivity contribution is 6.74. The Hall–Kier alpha value is -3.89. The van der Waals surface area contributed by atoms with Crippen LogP contribution in [0.5, 0.6) is 11.6 Å². The number of rotatable bonds is 8. The van der Waals surface area contributed by atoms with Gasteiger partial charge in [0.2, 0.25) is 14.2 Å². The number of aromatic nitrogens is 3. The third kappa shape index (κ3) is 6.00. The van der Waals surface area contributed by atoms with Crippen LogP contribution in [0.1, 0.15) is 43.9 Å². The number of fused-ring (bicyclic) bond motifs is 1. The van der Waals surface area contributed by atoms with E-state index >= 15 is 0 Å². The first kappa shape index (κ1) is 29.6. The third-order valence-electron chi connectivity index (χ3n) is 8.39. The molecule has 4 aromatic rings. The Morgan fingerprint density at radius 3 is 2.57 bits per heavy atom. The minimum Gasteiger partial charge on any atom is -0.543 e. The number of anilines is 1. The molecule has 0 radical (unpaired) electrons. The standard InChI is InChI=1S/C32H42N6O3Si/c1-20-14-29(39-6)34-16-25(20)22-15-28-30(36-23-11-12-40-19-23)26(17-35-38(28)18-22)31(33)37-27-10-9-24(13-21(27)2)41-42(7,8)32(3,4)5/h9-10,13-18,23,36H,11-12,19H2,1-8H3,(H2,33,37)/t23-/m0/s1. The molecule has 42 heavy (non-hydrogen) atoms. The molecular weight excluding hydrogens is 544 g/mol. The van der Waals surface area contributed by atoms with E-state index in [1.807, 2.05) is 55.0 Å². The number of amidine groups is 1. The lowest BCUT2D eigenvalue weighted by atomic mass is 10.1. The van der Waals surface area contributed by atoms with Crippen molar-refractivity contribution in [3.63, 3.8) is 0 Å². The van der Waals surface area contributed by atoms with Crippen LogP contribution in [-0.2, 0) is 4.74 Å². The molecule has 1 aliphatic rings. The van der Waals surface area contributed by atoms with Gasteiger partial charge in [0.25, 0.3) is 0 Å². The van der Waals surface area contributed by atoms with Crippen LogP contribution in [0.3, 0.4) is 0 Å². The van der Waals surface area contributed by atoms with Crippen LogP contribution in [0.15, 0.2) is 53.9 Å². The van der Waals surface area contributed by atoms with Crippen molar-refractivity contribution in [1.29, 1.82) is 0 Å². The van der Waals surface area contributed by atoms with E-state index in [1.54, 1.807) is 13.3 Å². The number of hydrogen-bond acceptors (Lipinski definition) is 7. The summed E-state index contributed by atoms with van der Waals surface area (Å²) in [6.07, 6.45) is 6.52. The summed E-state index contributed by atoms with van der Waals surface area (Å²) in [5.74, 6) is 1.84. The highest BCUT2D eigenvalue weighted by Gasteiger charge is 2.39. The number of aryl methyl sites for hydroxylation is 2. The molecule has 0 aliphatic carbocycles. The molecule has 1 atom stereocenters. The Labute approximate surface area is 249 Å². The van der Waals surface area contributed by atoms with Crippen molar-refractivity contribution in [2.75, 3.05) is 25.6 Å². The van der Waals surface area contributed by atoms with Gasteiger partial charge in [-0.25, -0.2) is 14.5 Å². The zero-order valence-electron chi connectivity index (χ0n) is 25.9. The topological polar surface area (TPSA) is 108 Å². The van der Waals surface area contributed by atoms with Gasteiger partial charge in [0.05, 0.1) is 48.4 Å². The summed E-state index contributed by atoms with van der Waals surface area (Å²) < 4.78 is 19.3. The van der Waals surface area contributed by atoms with Gasteiger partial charge < -0.3 is 25.0 Å². The number of aliphatic imine (C=N–C) groups is 1. The van der Waals surface area contributed by atoms with Gasteiger partial charge in [0, 0.05) is 36.2 Å². The molecule has 0 unspecified atom stereocenters. The fourth-order valence-corrected chi connectivity index (χ4v) is 5.82. The number of benzene rings is 1. The lowest BCUT2D eigenvalue weighted by molar-refractivity contribution is 0.195. The van der Waals surface area contributed by atoms with Crippen LogP contribution in [0, 0.1) is 13.8 Å². The van der Waals surface area contributed by atoms with E-state index < -0.39 is 8.32 Å². The predicted molar refractivity (Wildman–Crippen MR) is 172 cm³/mol. The maximum absolute atomic E-state index is 6.71. The zero-order chi connectivity index (χ0) is 30.2. The van der Waals surface area contributed by atoms with Crippen LogP contribution in [0.4, 0.5) is 11.4 Å². The number of ether oxygens (including phenoxy) is 2. The van der Waals surface area contributed by atoms with E-state index in [9.17, 15) is 0 Å². The average molecular weight is 587 g/mol. The van der Waals surface area contributed by atoms with E-state index in [0.717, 1.165) is 63.5 Å². The van der Waals surface area contributed by atoms with Crippen LogP contribution < -0.4 is 20.2 Å². The summed E-state index contributed by atoms with van der Waals surface area (Å²) in [5, 5.41) is 8.51. The molecule has 9 nitrogen and oxygen atoms in total. The predicted octanol–water partition coefficient (Wildman–Crippen LogP) is 6.64. The molecule has 10 heteroatoms. The maximum atomic E-state index is 6.71. The Morgan fingerprint density at radius 1 is 1.14 bits per heavy atom. The molecule has 4 heterocycles. The zero-order valence-corrected chi connectivity index (χ0v) is 26.9. The lowest BCUT2D eigenvalue weighted by Crippen LogP contribution is -2.43. The fourth-order valence-electron chi connectivity index (χ4n) is 4.80. The van der Waals surface area contributed by atoms with E-state index in [1.165, 1.54) is 0 Å². The molecule has 1 fully saturated rings. The van der Waals surface area contributed by atoms with Crippen LogP contribution in [0.25, 0.3) is 16.6 Å². The van der Waals surface area contributed by atoms with Crippen molar-refractivity contribution < 1.29 is 13.9 Å². The first-order valence-corrected chi connectivity index (χ1v) is 17.3. The monoisotopic (exact) mass is 586 g/mol. The Kier molecular flexibility index (Phi) is 8.04. The van der Waals surface area contributed by atoms with Gasteiger partial charge in [-0.05, 0) is 73.8 Å². The second-order valence-electron chi connectivity index (χ2n) is 12.5. The number of hydrogen-bond donors (Lipinski definition) is 2. The molecule has 0 bridgehead atoms. The largest absolute Gasteiger partial charge is 0.543 e. The van der Waals surface area contributed by atoms with E-state index in [0.29, 0.717) is 18.3 Å². The number of pyridine rings is 1. The van der Waals surface area contributed by atoms with Crippen LogP contribution >= 0.6 is 0 Å². The lowest BCUT2D eigenvalue weighted by Gasteiger charge is -2.36. The fraction of sp³-hybridized carbons (Fsp3) is 0.406. The molecule has 3 N–H and O–H groups in total. The van der Waals surface area contributed by atoms with Crippen molar-refractivity contribution in [1.82, 2.24) is 14.6 Å². The van der Waals surface area contributed by atoms with Gasteiger partial charge >= 0.3 is 0 Å². The highest BCUT2D eigenvalue weighted by atomic mass is 28.4. The normalized spacial score (nSPS) is 16.2. The molecule has 222 valence electrons. The van der Waals surface area contributed by atoms with Gasteiger partial charge in [-0.15, -0.1) is 0 Å². The van der Waals surface area contributed by atoms with Crippen molar-refractivity contribution in [3.8, 4) is 22.8 Å². The minimum absolute atomic E-state index is 0.114. The summed E-state index contributed by atoms with van der Waals surface area (Å²) in [5.41, 5.74) is 14.1. The number of nitrogens with two attached hydrogens (primary N) is 1. The third-order valence-corrected chi connectivity index (χ3v) is 12.7. The van der Waals surface area contributed by atoms with Gasteiger partial charge in [-0.1, -0.05) is 20.8 Å². The average Bonchev–Trinajstić information content (AvgIpc) is 3.59. The molecule has 1 aliphatic heterocycles. The maximum Gasteiger partial charge on any atom is 0.250 e. The molecule has 0 amide bonds. The summed E-state index contributed by atoms with van der Waals surface area (Å²) in [6, 6.07) is 10.2. The number of nitrogens with zero attached hydrogens (tertiary/aromatic N) is 4. The molecule has 5 rings (SSSR count). The van der Waals surface area contributed by atoms with Crippen molar-refractivity contribution in [3.05, 3.63) is 65.6 Å². The van der Waals surface area contributed by atoms with Crippen molar-refractivity contribution in [2.45, 2.75) is 65.2 Å².